The molecule has 1 saturated heterocycles. The summed E-state index contributed by atoms with van der Waals surface area (Å²) in [6.07, 6.45) is -0.128. The molecule has 1 rings (SSSR count). The molecular formula is C11H15NO4. The van der Waals surface area contributed by atoms with E-state index in [1.165, 1.54) is 0 Å². The highest BCUT2D eigenvalue weighted by atomic mass is 16.7. The summed E-state index contributed by atoms with van der Waals surface area (Å²) >= 11 is 0. The lowest BCUT2D eigenvalue weighted by Gasteiger charge is -2.21. The fourth-order valence-electron chi connectivity index (χ4n) is 1.14. The van der Waals surface area contributed by atoms with Crippen LogP contribution in [0, 0.1) is 12.0 Å². The molecule has 0 amide bonds. The fourth-order valence-corrected chi connectivity index (χ4v) is 1.14. The zero-order valence-corrected chi connectivity index (χ0v) is 9.65. The molecule has 5 heteroatoms. The molecule has 2 unspecified atom stereocenters. The van der Waals surface area contributed by atoms with Crippen LogP contribution in [0.2, 0.25) is 0 Å². The molecule has 0 spiro atoms. The van der Waals surface area contributed by atoms with Gasteiger partial charge in [0.05, 0.1) is 5.41 Å². The molecule has 0 aliphatic carbocycles. The van der Waals surface area contributed by atoms with Crippen molar-refractivity contribution in [3.05, 3.63) is 11.4 Å². The van der Waals surface area contributed by atoms with Crippen molar-refractivity contribution in [1.82, 2.24) is 0 Å². The first kappa shape index (κ1) is 12.5. The Bertz CT molecular complexity index is 342. The smallest absolute Gasteiger partial charge is 0.393 e. The van der Waals surface area contributed by atoms with Crippen LogP contribution < -0.4 is 0 Å². The summed E-state index contributed by atoms with van der Waals surface area (Å²) < 4.78 is 9.82. The van der Waals surface area contributed by atoms with Gasteiger partial charge in [-0.15, -0.1) is 0 Å². The standard InChI is InChI=1S/C11H15NO4/c1-5-11(2,3)10(14)16-8-6-7(12-4)9(13)15-8/h7-8H,5-6H2,1-3H3. The SMILES string of the molecule is [C-]#[N+]C1CC(OC(=O)C(C)(C)CC)OC1=O. The first-order chi connectivity index (χ1) is 7.40. The summed E-state index contributed by atoms with van der Waals surface area (Å²) in [6, 6.07) is -0.831. The first-order valence-corrected chi connectivity index (χ1v) is 5.19. The van der Waals surface area contributed by atoms with Gasteiger partial charge in [-0.3, -0.25) is 4.79 Å². The van der Waals surface area contributed by atoms with Crippen molar-refractivity contribution < 1.29 is 19.1 Å². The number of ether oxygens (including phenoxy) is 2. The maximum Gasteiger partial charge on any atom is 0.393 e. The van der Waals surface area contributed by atoms with Crippen LogP contribution in [0.3, 0.4) is 0 Å². The number of carbonyl (C=O) groups is 2. The zero-order valence-electron chi connectivity index (χ0n) is 9.65. The van der Waals surface area contributed by atoms with E-state index < -0.39 is 29.7 Å². The molecule has 0 saturated carbocycles. The van der Waals surface area contributed by atoms with Crippen molar-refractivity contribution >= 4 is 11.9 Å². The average Bonchev–Trinajstić information content (AvgIpc) is 2.58. The van der Waals surface area contributed by atoms with E-state index in [9.17, 15) is 9.59 Å². The quantitative estimate of drug-likeness (QED) is 0.540. The Morgan fingerprint density at radius 2 is 2.31 bits per heavy atom. The van der Waals surface area contributed by atoms with E-state index in [2.05, 4.69) is 4.85 Å². The second kappa shape index (κ2) is 4.52. The van der Waals surface area contributed by atoms with Crippen molar-refractivity contribution in [2.24, 2.45) is 5.41 Å². The van der Waals surface area contributed by atoms with Crippen molar-refractivity contribution in [3.8, 4) is 0 Å². The van der Waals surface area contributed by atoms with Crippen molar-refractivity contribution in [3.63, 3.8) is 0 Å². The molecule has 2 atom stereocenters. The van der Waals surface area contributed by atoms with E-state index in [-0.39, 0.29) is 6.42 Å². The Hall–Kier alpha value is -1.57. The lowest BCUT2D eigenvalue weighted by molar-refractivity contribution is -0.184. The molecule has 1 heterocycles. The fraction of sp³-hybridized carbons (Fsp3) is 0.727. The van der Waals surface area contributed by atoms with Gasteiger partial charge in [-0.05, 0) is 20.3 Å². The van der Waals surface area contributed by atoms with E-state index >= 15 is 0 Å². The predicted molar refractivity (Wildman–Crippen MR) is 55.1 cm³/mol. The van der Waals surface area contributed by atoms with Gasteiger partial charge in [-0.2, -0.15) is 0 Å². The number of hydrogen-bond acceptors (Lipinski definition) is 4. The van der Waals surface area contributed by atoms with Gasteiger partial charge in [-0.1, -0.05) is 6.92 Å². The molecule has 0 aromatic carbocycles. The van der Waals surface area contributed by atoms with Crippen molar-refractivity contribution in [1.29, 1.82) is 0 Å². The number of cyclic esters (lactones) is 1. The molecule has 1 aliphatic rings. The maximum atomic E-state index is 11.7. The van der Waals surface area contributed by atoms with Gasteiger partial charge in [0, 0.05) is 0 Å². The summed E-state index contributed by atoms with van der Waals surface area (Å²) in [7, 11) is 0. The van der Waals surface area contributed by atoms with Crippen LogP contribution in [-0.4, -0.2) is 24.3 Å². The van der Waals surface area contributed by atoms with Crippen molar-refractivity contribution in [2.75, 3.05) is 0 Å². The Balaban J connectivity index is 2.56. The third kappa shape index (κ3) is 2.51. The van der Waals surface area contributed by atoms with E-state index in [1.807, 2.05) is 6.92 Å². The lowest BCUT2D eigenvalue weighted by atomic mass is 9.91. The van der Waals surface area contributed by atoms with Crippen LogP contribution in [0.15, 0.2) is 0 Å². The van der Waals surface area contributed by atoms with Crippen LogP contribution in [0.5, 0.6) is 0 Å². The van der Waals surface area contributed by atoms with E-state index in [1.54, 1.807) is 13.8 Å². The van der Waals surface area contributed by atoms with Gasteiger partial charge in [0.25, 0.3) is 6.29 Å². The predicted octanol–water partition coefficient (Wildman–Crippen LogP) is 1.53. The second-order valence-electron chi connectivity index (χ2n) is 4.39. The van der Waals surface area contributed by atoms with Gasteiger partial charge >= 0.3 is 18.0 Å². The maximum absolute atomic E-state index is 11.7. The molecule has 0 aromatic rings. The Morgan fingerprint density at radius 3 is 2.75 bits per heavy atom. The largest absolute Gasteiger partial charge is 0.424 e. The Morgan fingerprint density at radius 1 is 1.69 bits per heavy atom. The normalized spacial score (nSPS) is 24.8. The molecule has 16 heavy (non-hydrogen) atoms. The summed E-state index contributed by atoms with van der Waals surface area (Å²) in [5, 5.41) is 0. The molecule has 88 valence electrons. The number of nitrogens with zero attached hydrogens (tertiary/aromatic N) is 1. The molecule has 0 aromatic heterocycles. The summed E-state index contributed by atoms with van der Waals surface area (Å²) in [4.78, 5) is 25.8. The topological polar surface area (TPSA) is 57.0 Å². The minimum absolute atomic E-state index is 0.133. The summed E-state index contributed by atoms with van der Waals surface area (Å²) in [6.45, 7) is 12.1. The van der Waals surface area contributed by atoms with Gasteiger partial charge in [0.2, 0.25) is 0 Å². The van der Waals surface area contributed by atoms with Crippen LogP contribution in [0.25, 0.3) is 4.85 Å². The minimum Gasteiger partial charge on any atom is -0.424 e. The number of esters is 2. The summed E-state index contributed by atoms with van der Waals surface area (Å²) in [5.74, 6) is -1.01. The van der Waals surface area contributed by atoms with Gasteiger partial charge in [-0.25, -0.2) is 11.4 Å². The molecule has 0 bridgehead atoms. The highest BCUT2D eigenvalue weighted by molar-refractivity contribution is 5.81. The molecule has 1 fully saturated rings. The lowest BCUT2D eigenvalue weighted by Crippen LogP contribution is -2.30. The molecule has 1 aliphatic heterocycles. The van der Waals surface area contributed by atoms with Gasteiger partial charge < -0.3 is 14.3 Å². The van der Waals surface area contributed by atoms with E-state index in [0.29, 0.717) is 6.42 Å². The molecule has 5 nitrogen and oxygen atoms in total. The monoisotopic (exact) mass is 225 g/mol. The van der Waals surface area contributed by atoms with Gasteiger partial charge in [0.1, 0.15) is 6.42 Å². The molecule has 0 N–H and O–H groups in total. The Kier molecular flexibility index (Phi) is 3.53. The third-order valence-electron chi connectivity index (χ3n) is 2.77. The second-order valence-corrected chi connectivity index (χ2v) is 4.39. The molecular weight excluding hydrogens is 210 g/mol. The van der Waals surface area contributed by atoms with Crippen molar-refractivity contribution in [2.45, 2.75) is 45.9 Å². The van der Waals surface area contributed by atoms with Crippen LogP contribution in [-0.2, 0) is 19.1 Å². The summed E-state index contributed by atoms with van der Waals surface area (Å²) in [5.41, 5.74) is -0.595. The first-order valence-electron chi connectivity index (χ1n) is 5.19. The number of hydrogen-bond donors (Lipinski definition) is 0. The number of rotatable bonds is 3. The van der Waals surface area contributed by atoms with Crippen LogP contribution in [0.4, 0.5) is 0 Å². The van der Waals surface area contributed by atoms with Crippen LogP contribution in [0.1, 0.15) is 33.6 Å². The average molecular weight is 225 g/mol. The van der Waals surface area contributed by atoms with E-state index in [0.717, 1.165) is 0 Å². The van der Waals surface area contributed by atoms with Crippen LogP contribution >= 0.6 is 0 Å². The highest BCUT2D eigenvalue weighted by Crippen LogP contribution is 2.26. The minimum atomic E-state index is -0.898. The van der Waals surface area contributed by atoms with E-state index in [4.69, 9.17) is 16.0 Å². The van der Waals surface area contributed by atoms with Gasteiger partial charge in [0.15, 0.2) is 0 Å². The Labute approximate surface area is 94.5 Å². The molecule has 0 radical (unpaired) electrons. The highest BCUT2D eigenvalue weighted by Gasteiger charge is 2.43. The third-order valence-corrected chi connectivity index (χ3v) is 2.77. The zero-order chi connectivity index (χ0) is 12.3. The number of carbonyl (C=O) groups excluding carboxylic acids is 2.